The molecule has 3 nitrogen and oxygen atoms in total. The molecular formula is C12H24N2O. The van der Waals surface area contributed by atoms with Crippen LogP contribution >= 0.6 is 0 Å². The number of nitrogens with one attached hydrogen (secondary N) is 1. The van der Waals surface area contributed by atoms with Gasteiger partial charge in [0.05, 0.1) is 0 Å². The summed E-state index contributed by atoms with van der Waals surface area (Å²) >= 11 is 0. The van der Waals surface area contributed by atoms with Crippen molar-refractivity contribution in [1.29, 1.82) is 0 Å². The van der Waals surface area contributed by atoms with Gasteiger partial charge in [0, 0.05) is 6.04 Å². The first kappa shape index (κ1) is 11.4. The molecule has 0 radical (unpaired) electrons. The van der Waals surface area contributed by atoms with Crippen molar-refractivity contribution in [2.75, 3.05) is 20.1 Å². The SMILES string of the molecule is CC1CC(C2CCNCC2)CC(O)N1C. The second kappa shape index (κ2) is 4.81. The molecule has 0 aliphatic carbocycles. The first-order valence-corrected chi connectivity index (χ1v) is 6.29. The zero-order valence-corrected chi connectivity index (χ0v) is 9.95. The van der Waals surface area contributed by atoms with Gasteiger partial charge in [-0.3, -0.25) is 4.90 Å². The lowest BCUT2D eigenvalue weighted by atomic mass is 9.77. The molecule has 0 spiro atoms. The lowest BCUT2D eigenvalue weighted by Gasteiger charge is -2.43. The maximum atomic E-state index is 9.96. The van der Waals surface area contributed by atoms with Crippen LogP contribution in [-0.2, 0) is 0 Å². The van der Waals surface area contributed by atoms with Gasteiger partial charge in [0.2, 0.25) is 0 Å². The van der Waals surface area contributed by atoms with Crippen molar-refractivity contribution in [3.63, 3.8) is 0 Å². The highest BCUT2D eigenvalue weighted by Crippen LogP contribution is 2.34. The van der Waals surface area contributed by atoms with E-state index in [1.54, 1.807) is 0 Å². The summed E-state index contributed by atoms with van der Waals surface area (Å²) in [6.45, 7) is 4.57. The fourth-order valence-electron chi connectivity index (χ4n) is 3.13. The van der Waals surface area contributed by atoms with Crippen molar-refractivity contribution in [2.24, 2.45) is 11.8 Å². The van der Waals surface area contributed by atoms with Crippen LogP contribution in [-0.4, -0.2) is 42.4 Å². The third-order valence-corrected chi connectivity index (χ3v) is 4.37. The van der Waals surface area contributed by atoms with Gasteiger partial charge in [0.25, 0.3) is 0 Å². The Bertz CT molecular complexity index is 192. The van der Waals surface area contributed by atoms with Crippen LogP contribution in [0.1, 0.15) is 32.6 Å². The van der Waals surface area contributed by atoms with Crippen LogP contribution in [0.15, 0.2) is 0 Å². The maximum absolute atomic E-state index is 9.96. The van der Waals surface area contributed by atoms with Gasteiger partial charge in [0.1, 0.15) is 6.23 Å². The molecule has 0 aromatic carbocycles. The van der Waals surface area contributed by atoms with E-state index in [4.69, 9.17) is 0 Å². The summed E-state index contributed by atoms with van der Waals surface area (Å²) in [6, 6.07) is 0.536. The zero-order chi connectivity index (χ0) is 10.8. The molecule has 3 heteroatoms. The molecular weight excluding hydrogens is 188 g/mol. The summed E-state index contributed by atoms with van der Waals surface area (Å²) < 4.78 is 0. The van der Waals surface area contributed by atoms with Gasteiger partial charge in [-0.2, -0.15) is 0 Å². The van der Waals surface area contributed by atoms with Crippen LogP contribution in [0.4, 0.5) is 0 Å². The first-order valence-electron chi connectivity index (χ1n) is 6.29. The van der Waals surface area contributed by atoms with E-state index in [2.05, 4.69) is 17.1 Å². The average molecular weight is 212 g/mol. The summed E-state index contributed by atoms with van der Waals surface area (Å²) in [4.78, 5) is 2.11. The Hall–Kier alpha value is -0.120. The number of nitrogens with zero attached hydrogens (tertiary/aromatic N) is 1. The molecule has 15 heavy (non-hydrogen) atoms. The third kappa shape index (κ3) is 2.52. The van der Waals surface area contributed by atoms with Gasteiger partial charge in [-0.1, -0.05) is 0 Å². The van der Waals surface area contributed by atoms with E-state index >= 15 is 0 Å². The number of aliphatic hydroxyl groups is 1. The highest BCUT2D eigenvalue weighted by molar-refractivity contribution is 4.85. The van der Waals surface area contributed by atoms with Crippen LogP contribution in [0, 0.1) is 11.8 Å². The molecule has 2 saturated heterocycles. The van der Waals surface area contributed by atoms with Crippen LogP contribution in [0.5, 0.6) is 0 Å². The molecule has 2 rings (SSSR count). The second-order valence-electron chi connectivity index (χ2n) is 5.31. The fraction of sp³-hybridized carbons (Fsp3) is 1.00. The highest BCUT2D eigenvalue weighted by atomic mass is 16.3. The average Bonchev–Trinajstić information content (AvgIpc) is 2.26. The zero-order valence-electron chi connectivity index (χ0n) is 9.95. The maximum Gasteiger partial charge on any atom is 0.107 e. The van der Waals surface area contributed by atoms with E-state index in [1.807, 2.05) is 7.05 Å². The van der Waals surface area contributed by atoms with Crippen LogP contribution in [0.25, 0.3) is 0 Å². The number of piperidine rings is 2. The van der Waals surface area contributed by atoms with Crippen LogP contribution in [0.3, 0.4) is 0 Å². The Morgan fingerprint density at radius 3 is 2.40 bits per heavy atom. The van der Waals surface area contributed by atoms with Crippen molar-refractivity contribution in [2.45, 2.75) is 44.9 Å². The quantitative estimate of drug-likeness (QED) is 0.681. The first-order chi connectivity index (χ1) is 7.18. The summed E-state index contributed by atoms with van der Waals surface area (Å²) in [5, 5.41) is 13.4. The van der Waals surface area contributed by atoms with Crippen molar-refractivity contribution < 1.29 is 5.11 Å². The molecule has 0 bridgehead atoms. The summed E-state index contributed by atoms with van der Waals surface area (Å²) in [5.74, 6) is 1.59. The van der Waals surface area contributed by atoms with E-state index in [0.717, 1.165) is 18.3 Å². The molecule has 2 N–H and O–H groups in total. The molecule has 2 heterocycles. The molecule has 0 saturated carbocycles. The van der Waals surface area contributed by atoms with E-state index in [0.29, 0.717) is 6.04 Å². The topological polar surface area (TPSA) is 35.5 Å². The van der Waals surface area contributed by atoms with Crippen molar-refractivity contribution in [3.05, 3.63) is 0 Å². The molecule has 3 atom stereocenters. The lowest BCUT2D eigenvalue weighted by Crippen LogP contribution is -2.47. The van der Waals surface area contributed by atoms with Gasteiger partial charge in [0.15, 0.2) is 0 Å². The number of hydrogen-bond donors (Lipinski definition) is 2. The monoisotopic (exact) mass is 212 g/mol. The normalized spacial score (nSPS) is 40.6. The Morgan fingerprint density at radius 1 is 1.13 bits per heavy atom. The van der Waals surface area contributed by atoms with Crippen molar-refractivity contribution >= 4 is 0 Å². The molecule has 2 aliphatic heterocycles. The Labute approximate surface area is 92.8 Å². The predicted octanol–water partition coefficient (Wildman–Crippen LogP) is 1.03. The highest BCUT2D eigenvalue weighted by Gasteiger charge is 2.34. The number of likely N-dealkylation sites (tertiary alicyclic amines) is 1. The van der Waals surface area contributed by atoms with E-state index < -0.39 is 0 Å². The van der Waals surface area contributed by atoms with Crippen molar-refractivity contribution in [3.8, 4) is 0 Å². The minimum absolute atomic E-state index is 0.214. The van der Waals surface area contributed by atoms with Gasteiger partial charge in [-0.15, -0.1) is 0 Å². The smallest absolute Gasteiger partial charge is 0.107 e. The number of hydrogen-bond acceptors (Lipinski definition) is 3. The minimum atomic E-state index is -0.214. The number of aliphatic hydroxyl groups excluding tert-OH is 1. The summed E-state index contributed by atoms with van der Waals surface area (Å²) in [6.07, 6.45) is 4.62. The third-order valence-electron chi connectivity index (χ3n) is 4.37. The molecule has 2 aliphatic rings. The van der Waals surface area contributed by atoms with Gasteiger partial charge in [-0.05, 0) is 64.6 Å². The molecule has 0 amide bonds. The molecule has 0 aromatic heterocycles. The second-order valence-corrected chi connectivity index (χ2v) is 5.31. The fourth-order valence-corrected chi connectivity index (χ4v) is 3.13. The number of rotatable bonds is 1. The molecule has 2 fully saturated rings. The van der Waals surface area contributed by atoms with Crippen LogP contribution < -0.4 is 5.32 Å². The van der Waals surface area contributed by atoms with E-state index in [1.165, 1.54) is 32.4 Å². The van der Waals surface area contributed by atoms with Crippen molar-refractivity contribution in [1.82, 2.24) is 10.2 Å². The minimum Gasteiger partial charge on any atom is -0.378 e. The van der Waals surface area contributed by atoms with Gasteiger partial charge in [-0.25, -0.2) is 0 Å². The summed E-state index contributed by atoms with van der Waals surface area (Å²) in [5.41, 5.74) is 0. The Kier molecular flexibility index (Phi) is 3.65. The molecule has 3 unspecified atom stereocenters. The predicted molar refractivity (Wildman–Crippen MR) is 61.5 cm³/mol. The van der Waals surface area contributed by atoms with E-state index in [9.17, 15) is 5.11 Å². The van der Waals surface area contributed by atoms with Crippen LogP contribution in [0.2, 0.25) is 0 Å². The van der Waals surface area contributed by atoms with Gasteiger partial charge >= 0.3 is 0 Å². The Morgan fingerprint density at radius 2 is 1.80 bits per heavy atom. The van der Waals surface area contributed by atoms with Gasteiger partial charge < -0.3 is 10.4 Å². The Balaban J connectivity index is 1.92. The lowest BCUT2D eigenvalue weighted by molar-refractivity contribution is -0.0661. The van der Waals surface area contributed by atoms with E-state index in [-0.39, 0.29) is 6.23 Å². The molecule has 0 aromatic rings. The molecule has 88 valence electrons. The largest absolute Gasteiger partial charge is 0.378 e. The standard InChI is InChI=1S/C12H24N2O/c1-9-7-11(8-12(15)14(9)2)10-3-5-13-6-4-10/h9-13,15H,3-8H2,1-2H3. The summed E-state index contributed by atoms with van der Waals surface area (Å²) in [7, 11) is 2.04.